The average Bonchev–Trinajstić information content (AvgIpc) is 2.92. The monoisotopic (exact) mass is 280 g/mol. The number of benzene rings is 1. The highest BCUT2D eigenvalue weighted by molar-refractivity contribution is 5.94. The molecule has 5 nitrogen and oxygen atoms in total. The first-order chi connectivity index (χ1) is 9.52. The molecular formula is C13H14F2N4O. The Hall–Kier alpha value is -2.44. The number of aromatic amines is 1. The standard InChI is InChI=1S/C13H14F2N4O/c1-7(12-17-3-4-18-12)19-13(20)8-5-9(14)11(16-2)10(15)6-8/h3-7,16H,1-2H3,(H,17,18)(H,19,20). The minimum atomic E-state index is -0.816. The lowest BCUT2D eigenvalue weighted by atomic mass is 10.1. The molecule has 2 rings (SSSR count). The fourth-order valence-electron chi connectivity index (χ4n) is 1.81. The van der Waals surface area contributed by atoms with Gasteiger partial charge in [-0.3, -0.25) is 4.79 Å². The highest BCUT2D eigenvalue weighted by Crippen LogP contribution is 2.20. The quantitative estimate of drug-likeness (QED) is 0.804. The van der Waals surface area contributed by atoms with Crippen LogP contribution in [0.25, 0.3) is 0 Å². The molecule has 0 saturated heterocycles. The Balaban J connectivity index is 2.17. The number of carbonyl (C=O) groups excluding carboxylic acids is 1. The van der Waals surface area contributed by atoms with Gasteiger partial charge in [-0.05, 0) is 19.1 Å². The van der Waals surface area contributed by atoms with Gasteiger partial charge in [0.05, 0.1) is 6.04 Å². The van der Waals surface area contributed by atoms with Gasteiger partial charge in [-0.25, -0.2) is 13.8 Å². The Morgan fingerprint density at radius 1 is 1.35 bits per heavy atom. The van der Waals surface area contributed by atoms with Crippen LogP contribution in [0.15, 0.2) is 24.5 Å². The van der Waals surface area contributed by atoms with E-state index in [0.29, 0.717) is 5.82 Å². The SMILES string of the molecule is CNc1c(F)cc(C(=O)NC(C)c2ncc[nH]2)cc1F. The van der Waals surface area contributed by atoms with Gasteiger partial charge < -0.3 is 15.6 Å². The summed E-state index contributed by atoms with van der Waals surface area (Å²) < 4.78 is 27.2. The largest absolute Gasteiger partial charge is 0.383 e. The molecule has 7 heteroatoms. The Morgan fingerprint density at radius 2 is 2.00 bits per heavy atom. The first-order valence-corrected chi connectivity index (χ1v) is 6.00. The molecule has 0 aliphatic carbocycles. The fourth-order valence-corrected chi connectivity index (χ4v) is 1.81. The zero-order valence-electron chi connectivity index (χ0n) is 11.0. The summed E-state index contributed by atoms with van der Waals surface area (Å²) in [6.45, 7) is 1.71. The summed E-state index contributed by atoms with van der Waals surface area (Å²) in [5, 5.41) is 5.00. The van der Waals surface area contributed by atoms with Crippen molar-refractivity contribution < 1.29 is 13.6 Å². The number of imidazole rings is 1. The predicted molar refractivity (Wildman–Crippen MR) is 70.4 cm³/mol. The van der Waals surface area contributed by atoms with Crippen molar-refractivity contribution >= 4 is 11.6 Å². The number of H-pyrrole nitrogens is 1. The summed E-state index contributed by atoms with van der Waals surface area (Å²) in [5.74, 6) is -1.65. The molecule has 0 fully saturated rings. The lowest BCUT2D eigenvalue weighted by Crippen LogP contribution is -2.27. The van der Waals surface area contributed by atoms with Gasteiger partial charge in [-0.15, -0.1) is 0 Å². The van der Waals surface area contributed by atoms with Crippen LogP contribution in [0.3, 0.4) is 0 Å². The zero-order valence-corrected chi connectivity index (χ0v) is 11.0. The van der Waals surface area contributed by atoms with E-state index in [9.17, 15) is 13.6 Å². The highest BCUT2D eigenvalue weighted by Gasteiger charge is 2.17. The average molecular weight is 280 g/mol. The van der Waals surface area contributed by atoms with E-state index in [4.69, 9.17) is 0 Å². The number of nitrogens with zero attached hydrogens (tertiary/aromatic N) is 1. The maximum absolute atomic E-state index is 13.6. The van der Waals surface area contributed by atoms with Crippen molar-refractivity contribution in [2.75, 3.05) is 12.4 Å². The number of nitrogens with one attached hydrogen (secondary N) is 3. The van der Waals surface area contributed by atoms with E-state index in [1.54, 1.807) is 19.3 Å². The number of aromatic nitrogens is 2. The van der Waals surface area contributed by atoms with Crippen LogP contribution in [0.5, 0.6) is 0 Å². The van der Waals surface area contributed by atoms with Gasteiger partial charge in [0.15, 0.2) is 0 Å². The van der Waals surface area contributed by atoms with Crippen LogP contribution >= 0.6 is 0 Å². The minimum absolute atomic E-state index is 0.0857. The summed E-state index contributed by atoms with van der Waals surface area (Å²) in [6, 6.07) is 1.57. The third kappa shape index (κ3) is 2.76. The van der Waals surface area contributed by atoms with Crippen molar-refractivity contribution in [1.82, 2.24) is 15.3 Å². The van der Waals surface area contributed by atoms with E-state index in [1.807, 2.05) is 0 Å². The highest BCUT2D eigenvalue weighted by atomic mass is 19.1. The number of anilines is 1. The Morgan fingerprint density at radius 3 is 2.50 bits per heavy atom. The molecule has 0 saturated carbocycles. The van der Waals surface area contributed by atoms with Crippen molar-refractivity contribution in [3.05, 3.63) is 47.5 Å². The van der Waals surface area contributed by atoms with Crippen LogP contribution in [-0.2, 0) is 0 Å². The van der Waals surface area contributed by atoms with Crippen molar-refractivity contribution in [1.29, 1.82) is 0 Å². The Bertz CT molecular complexity index is 590. The van der Waals surface area contributed by atoms with Gasteiger partial charge in [-0.1, -0.05) is 0 Å². The number of hydrogen-bond donors (Lipinski definition) is 3. The first kappa shape index (κ1) is 14.0. The summed E-state index contributed by atoms with van der Waals surface area (Å²) in [6.07, 6.45) is 3.18. The molecule has 1 unspecified atom stereocenters. The molecule has 3 N–H and O–H groups in total. The molecule has 1 amide bonds. The van der Waals surface area contributed by atoms with E-state index < -0.39 is 23.6 Å². The van der Waals surface area contributed by atoms with Crippen LogP contribution in [0.1, 0.15) is 29.1 Å². The van der Waals surface area contributed by atoms with E-state index in [0.717, 1.165) is 12.1 Å². The lowest BCUT2D eigenvalue weighted by molar-refractivity contribution is 0.0937. The summed E-state index contributed by atoms with van der Waals surface area (Å²) in [7, 11) is 1.40. The van der Waals surface area contributed by atoms with E-state index in [-0.39, 0.29) is 11.3 Å². The van der Waals surface area contributed by atoms with Gasteiger partial charge in [-0.2, -0.15) is 0 Å². The van der Waals surface area contributed by atoms with Crippen molar-refractivity contribution in [3.8, 4) is 0 Å². The number of halogens is 2. The number of amides is 1. The molecule has 0 aliphatic heterocycles. The molecule has 0 spiro atoms. The summed E-state index contributed by atoms with van der Waals surface area (Å²) >= 11 is 0. The topological polar surface area (TPSA) is 69.8 Å². The van der Waals surface area contributed by atoms with Gasteiger partial charge >= 0.3 is 0 Å². The second-order valence-corrected chi connectivity index (χ2v) is 4.23. The fraction of sp³-hybridized carbons (Fsp3) is 0.231. The predicted octanol–water partition coefficient (Wildman–Crippen LogP) is 2.22. The molecule has 0 aliphatic rings. The van der Waals surface area contributed by atoms with Crippen LogP contribution < -0.4 is 10.6 Å². The number of carbonyl (C=O) groups is 1. The molecule has 1 aromatic heterocycles. The molecule has 106 valence electrons. The molecule has 2 aromatic rings. The number of rotatable bonds is 4. The Kier molecular flexibility index (Phi) is 3.97. The second-order valence-electron chi connectivity index (χ2n) is 4.23. The normalized spacial score (nSPS) is 12.0. The number of hydrogen-bond acceptors (Lipinski definition) is 3. The van der Waals surface area contributed by atoms with E-state index >= 15 is 0 Å². The van der Waals surface area contributed by atoms with Crippen LogP contribution in [0.2, 0.25) is 0 Å². The minimum Gasteiger partial charge on any atom is -0.383 e. The van der Waals surface area contributed by atoms with Crippen LogP contribution in [0, 0.1) is 11.6 Å². The molecule has 20 heavy (non-hydrogen) atoms. The van der Waals surface area contributed by atoms with Crippen molar-refractivity contribution in [2.45, 2.75) is 13.0 Å². The molecule has 0 bridgehead atoms. The molecule has 0 radical (unpaired) electrons. The van der Waals surface area contributed by atoms with Gasteiger partial charge in [0.2, 0.25) is 0 Å². The third-order valence-electron chi connectivity index (χ3n) is 2.83. The zero-order chi connectivity index (χ0) is 14.7. The molecular weight excluding hydrogens is 266 g/mol. The second kappa shape index (κ2) is 5.68. The van der Waals surface area contributed by atoms with Gasteiger partial charge in [0, 0.05) is 25.0 Å². The van der Waals surface area contributed by atoms with Crippen molar-refractivity contribution in [3.63, 3.8) is 0 Å². The van der Waals surface area contributed by atoms with Crippen LogP contribution in [0.4, 0.5) is 14.5 Å². The van der Waals surface area contributed by atoms with Crippen molar-refractivity contribution in [2.24, 2.45) is 0 Å². The molecule has 1 heterocycles. The third-order valence-corrected chi connectivity index (χ3v) is 2.83. The maximum atomic E-state index is 13.6. The Labute approximate surface area is 114 Å². The lowest BCUT2D eigenvalue weighted by Gasteiger charge is -2.12. The molecule has 1 aromatic carbocycles. The van der Waals surface area contributed by atoms with Gasteiger partial charge in [0.25, 0.3) is 5.91 Å². The summed E-state index contributed by atoms with van der Waals surface area (Å²) in [4.78, 5) is 18.8. The van der Waals surface area contributed by atoms with Crippen LogP contribution in [-0.4, -0.2) is 22.9 Å². The van der Waals surface area contributed by atoms with Gasteiger partial charge in [0.1, 0.15) is 23.1 Å². The summed E-state index contributed by atoms with van der Waals surface area (Å²) in [5.41, 5.74) is -0.349. The maximum Gasteiger partial charge on any atom is 0.252 e. The smallest absolute Gasteiger partial charge is 0.252 e. The van der Waals surface area contributed by atoms with E-state index in [2.05, 4.69) is 20.6 Å². The van der Waals surface area contributed by atoms with E-state index in [1.165, 1.54) is 7.05 Å². The first-order valence-electron chi connectivity index (χ1n) is 6.00. The molecule has 1 atom stereocenters.